The first-order chi connectivity index (χ1) is 27.5. The number of aliphatic hydroxyl groups excluding tert-OH is 2. The molecule has 0 spiro atoms. The number of hydrogen-bond acceptors (Lipinski definition) is 12. The molecule has 5 N–H and O–H groups in total. The molecule has 7 rings (SSSR count). The van der Waals surface area contributed by atoms with Gasteiger partial charge >= 0.3 is 0 Å². The third-order valence-electron chi connectivity index (χ3n) is 9.94. The van der Waals surface area contributed by atoms with Gasteiger partial charge in [0.1, 0.15) is 29.7 Å². The Bertz CT molecular complexity index is 2170. The number of rotatable bonds is 14. The highest BCUT2D eigenvalue weighted by Crippen LogP contribution is 2.27. The third-order valence-corrected chi connectivity index (χ3v) is 10.2. The SMILES string of the molecule is Cc1cc(CC(=O)N2CC(Oc3cc(CC(=O)N4CC(O)CC4C(=O)NCc4ccc(-c5ccn[nH]5)cc4)on3)CC2C(=O)NC(CO)c2ccc(Cl)cc2)on1. The Morgan fingerprint density at radius 3 is 2.26 bits per heavy atom. The van der Waals surface area contributed by atoms with Crippen LogP contribution in [0.5, 0.6) is 5.88 Å². The number of halogens is 1. The Morgan fingerprint density at radius 2 is 1.60 bits per heavy atom. The zero-order valence-electron chi connectivity index (χ0n) is 30.8. The Morgan fingerprint density at radius 1 is 0.912 bits per heavy atom. The molecule has 57 heavy (non-hydrogen) atoms. The van der Waals surface area contributed by atoms with Crippen LogP contribution in [0.3, 0.4) is 0 Å². The zero-order valence-corrected chi connectivity index (χ0v) is 31.6. The zero-order chi connectivity index (χ0) is 40.1. The minimum atomic E-state index is -0.966. The number of aryl methyl sites for hydroxylation is 1. The molecule has 0 aliphatic carbocycles. The predicted octanol–water partition coefficient (Wildman–Crippen LogP) is 2.28. The number of aromatic amines is 1. The lowest BCUT2D eigenvalue weighted by molar-refractivity contribution is -0.138. The van der Waals surface area contributed by atoms with Gasteiger partial charge in [0.05, 0.1) is 49.5 Å². The van der Waals surface area contributed by atoms with Crippen molar-refractivity contribution in [3.63, 3.8) is 0 Å². The molecule has 5 aromatic rings. The summed E-state index contributed by atoms with van der Waals surface area (Å²) < 4.78 is 16.7. The summed E-state index contributed by atoms with van der Waals surface area (Å²) in [7, 11) is 0. The van der Waals surface area contributed by atoms with E-state index in [1.54, 1.807) is 43.5 Å². The maximum absolute atomic E-state index is 13.7. The second-order valence-electron chi connectivity index (χ2n) is 14.1. The number of hydrogen-bond donors (Lipinski definition) is 5. The fourth-order valence-electron chi connectivity index (χ4n) is 7.07. The third kappa shape index (κ3) is 9.50. The Kier molecular flexibility index (Phi) is 12.0. The van der Waals surface area contributed by atoms with Crippen molar-refractivity contribution in [3.8, 4) is 17.1 Å². The van der Waals surface area contributed by atoms with Crippen LogP contribution in [0.1, 0.15) is 47.2 Å². The van der Waals surface area contributed by atoms with E-state index in [1.807, 2.05) is 30.3 Å². The Labute approximate surface area is 331 Å². The van der Waals surface area contributed by atoms with Gasteiger partial charge in [0.25, 0.3) is 5.88 Å². The van der Waals surface area contributed by atoms with Gasteiger partial charge in [0, 0.05) is 49.3 Å². The largest absolute Gasteiger partial charge is 0.470 e. The van der Waals surface area contributed by atoms with Crippen LogP contribution < -0.4 is 15.4 Å². The summed E-state index contributed by atoms with van der Waals surface area (Å²) in [6.45, 7) is 1.57. The number of aromatic nitrogens is 4. The summed E-state index contributed by atoms with van der Waals surface area (Å²) in [5, 5.41) is 41.4. The summed E-state index contributed by atoms with van der Waals surface area (Å²) in [5.74, 6) is -1.22. The quantitative estimate of drug-likeness (QED) is 0.109. The molecule has 0 saturated carbocycles. The fraction of sp³-hybridized carbons (Fsp3) is 0.359. The number of H-pyrrole nitrogens is 1. The minimum Gasteiger partial charge on any atom is -0.470 e. The summed E-state index contributed by atoms with van der Waals surface area (Å²) >= 11 is 6.02. The van der Waals surface area contributed by atoms with Crippen molar-refractivity contribution < 1.29 is 43.2 Å². The van der Waals surface area contributed by atoms with Crippen molar-refractivity contribution >= 4 is 35.2 Å². The van der Waals surface area contributed by atoms with Gasteiger partial charge in [-0.3, -0.25) is 24.3 Å². The maximum atomic E-state index is 13.7. The van der Waals surface area contributed by atoms with E-state index in [-0.39, 0.29) is 57.0 Å². The number of aliphatic hydroxyl groups is 2. The molecule has 4 amide bonds. The average molecular weight is 801 g/mol. The summed E-state index contributed by atoms with van der Waals surface area (Å²) in [6, 6.07) is 16.6. The monoisotopic (exact) mass is 800 g/mol. The number of carbonyl (C=O) groups is 4. The second kappa shape index (κ2) is 17.4. The van der Waals surface area contributed by atoms with E-state index in [0.29, 0.717) is 22.0 Å². The molecule has 2 saturated heterocycles. The van der Waals surface area contributed by atoms with E-state index in [1.165, 1.54) is 15.9 Å². The van der Waals surface area contributed by atoms with Gasteiger partial charge in [-0.05, 0) is 47.0 Å². The topological polar surface area (TPSA) is 229 Å². The van der Waals surface area contributed by atoms with E-state index >= 15 is 0 Å². The number of carbonyl (C=O) groups excluding carboxylic acids is 4. The molecular weight excluding hydrogens is 760 g/mol. The van der Waals surface area contributed by atoms with Crippen molar-refractivity contribution in [2.75, 3.05) is 19.7 Å². The predicted molar refractivity (Wildman–Crippen MR) is 201 cm³/mol. The number of benzene rings is 2. The van der Waals surface area contributed by atoms with Crippen LogP contribution in [0.2, 0.25) is 5.02 Å². The van der Waals surface area contributed by atoms with Crippen molar-refractivity contribution in [1.29, 1.82) is 0 Å². The molecule has 2 aromatic carbocycles. The first kappa shape index (κ1) is 39.2. The molecule has 2 aliphatic rings. The Balaban J connectivity index is 0.965. The molecule has 0 bridgehead atoms. The molecule has 5 unspecified atom stereocenters. The van der Waals surface area contributed by atoms with Crippen LogP contribution in [0, 0.1) is 6.92 Å². The minimum absolute atomic E-state index is 0.0206. The molecule has 5 atom stereocenters. The molecule has 3 aromatic heterocycles. The number of nitrogens with zero attached hydrogens (tertiary/aromatic N) is 5. The highest BCUT2D eigenvalue weighted by molar-refractivity contribution is 6.30. The molecule has 5 heterocycles. The van der Waals surface area contributed by atoms with Gasteiger partial charge < -0.3 is 44.4 Å². The molecule has 0 radical (unpaired) electrons. The van der Waals surface area contributed by atoms with Gasteiger partial charge in [-0.25, -0.2) is 0 Å². The molecule has 18 heteroatoms. The highest BCUT2D eigenvalue weighted by atomic mass is 35.5. The van der Waals surface area contributed by atoms with Crippen LogP contribution in [0.4, 0.5) is 0 Å². The maximum Gasteiger partial charge on any atom is 0.254 e. The van der Waals surface area contributed by atoms with Crippen LogP contribution in [-0.2, 0) is 38.6 Å². The number of amides is 4. The van der Waals surface area contributed by atoms with Crippen LogP contribution in [0.25, 0.3) is 11.3 Å². The smallest absolute Gasteiger partial charge is 0.254 e. The van der Waals surface area contributed by atoms with Gasteiger partial charge in [-0.15, -0.1) is 0 Å². The first-order valence-corrected chi connectivity index (χ1v) is 18.7. The highest BCUT2D eigenvalue weighted by Gasteiger charge is 2.42. The molecule has 2 fully saturated rings. The number of nitrogens with one attached hydrogen (secondary N) is 3. The van der Waals surface area contributed by atoms with Crippen molar-refractivity contribution in [3.05, 3.63) is 106 Å². The van der Waals surface area contributed by atoms with Crippen LogP contribution >= 0.6 is 11.6 Å². The molecule has 298 valence electrons. The van der Waals surface area contributed by atoms with Crippen LogP contribution in [-0.4, -0.2) is 108 Å². The lowest BCUT2D eigenvalue weighted by atomic mass is 10.1. The van der Waals surface area contributed by atoms with Crippen molar-refractivity contribution in [2.24, 2.45) is 0 Å². The molecular formula is C39H41ClN8O9. The van der Waals surface area contributed by atoms with E-state index in [0.717, 1.165) is 16.8 Å². The van der Waals surface area contributed by atoms with Gasteiger partial charge in [0.15, 0.2) is 0 Å². The number of ether oxygens (including phenoxy) is 1. The first-order valence-electron chi connectivity index (χ1n) is 18.4. The lowest BCUT2D eigenvalue weighted by Gasteiger charge is -2.25. The average Bonchev–Trinajstić information content (AvgIpc) is 4.06. The fourth-order valence-corrected chi connectivity index (χ4v) is 7.20. The standard InChI is InChI=1S/C39H41ClN8O9/c1-22-12-28(56-45-22)16-37(52)48-20-30(14-34(48)39(54)43-32(21-49)25-6-8-26(40)9-7-25)55-35-15-29(57-46-35)17-36(51)47-19-27(50)13-33(47)38(53)41-18-23-2-4-24(5-3-23)31-10-11-42-44-31/h2-12,15,27,30,32-34,49-50H,13-14,16-21H2,1H3,(H,41,53)(H,42,44)(H,43,54). The van der Waals surface area contributed by atoms with Crippen LogP contribution in [0.15, 0.2) is 82.0 Å². The number of likely N-dealkylation sites (tertiary alicyclic amines) is 2. The summed E-state index contributed by atoms with van der Waals surface area (Å²) in [6.07, 6.45) is -0.132. The normalized spacial score (nSPS) is 19.7. The van der Waals surface area contributed by atoms with Gasteiger partial charge in [-0.2, -0.15) is 5.10 Å². The Hall–Kier alpha value is -6.04. The van der Waals surface area contributed by atoms with Gasteiger partial charge in [0.2, 0.25) is 23.6 Å². The second-order valence-corrected chi connectivity index (χ2v) is 14.5. The summed E-state index contributed by atoms with van der Waals surface area (Å²) in [5.41, 5.74) is 3.91. The van der Waals surface area contributed by atoms with E-state index < -0.39 is 60.6 Å². The van der Waals surface area contributed by atoms with Crippen molar-refractivity contribution in [1.82, 2.24) is 40.9 Å². The van der Waals surface area contributed by atoms with E-state index in [9.17, 15) is 29.4 Å². The van der Waals surface area contributed by atoms with E-state index in [4.69, 9.17) is 25.4 Å². The van der Waals surface area contributed by atoms with Crippen molar-refractivity contribution in [2.45, 2.75) is 69.5 Å². The van der Waals surface area contributed by atoms with E-state index in [2.05, 4.69) is 31.1 Å². The molecule has 2 aliphatic heterocycles. The molecule has 17 nitrogen and oxygen atoms in total. The number of β-amino-alcohol motifs (C(OH)–C–C–N with tert-alkyl or cyclic N) is 1. The lowest BCUT2D eigenvalue weighted by Crippen LogP contribution is -2.47. The summed E-state index contributed by atoms with van der Waals surface area (Å²) in [4.78, 5) is 56.6. The van der Waals surface area contributed by atoms with Gasteiger partial charge in [-0.1, -0.05) is 53.2 Å².